The van der Waals surface area contributed by atoms with E-state index in [0.717, 1.165) is 38.1 Å². The molecule has 0 fully saturated rings. The van der Waals surface area contributed by atoms with Gasteiger partial charge in [0.1, 0.15) is 12.4 Å². The Labute approximate surface area is 96.5 Å². The highest BCUT2D eigenvalue weighted by Gasteiger charge is 2.17. The van der Waals surface area contributed by atoms with Gasteiger partial charge in [0.2, 0.25) is 0 Å². The Balaban J connectivity index is 2.84. The Kier molecular flexibility index (Phi) is 5.02. The molecule has 1 N–H and O–H groups in total. The van der Waals surface area contributed by atoms with Crippen LogP contribution >= 0.6 is 0 Å². The maximum atomic E-state index is 10.7. The van der Waals surface area contributed by atoms with Crippen LogP contribution in [0.25, 0.3) is 0 Å². The van der Waals surface area contributed by atoms with Crippen molar-refractivity contribution in [2.75, 3.05) is 0 Å². The molecule has 0 unspecified atom stereocenters. The summed E-state index contributed by atoms with van der Waals surface area (Å²) in [6.07, 6.45) is 8.11. The van der Waals surface area contributed by atoms with Crippen LogP contribution in [0.2, 0.25) is 0 Å². The van der Waals surface area contributed by atoms with Gasteiger partial charge in [-0.25, -0.2) is 13.9 Å². The van der Waals surface area contributed by atoms with Crippen molar-refractivity contribution in [1.82, 2.24) is 4.57 Å². The summed E-state index contributed by atoms with van der Waals surface area (Å²) in [5.74, 6) is 0.350. The highest BCUT2D eigenvalue weighted by atomic mass is 16.4. The molecule has 0 aromatic carbocycles. The van der Waals surface area contributed by atoms with E-state index in [9.17, 15) is 4.79 Å². The van der Waals surface area contributed by atoms with Gasteiger partial charge < -0.3 is 5.11 Å². The average molecular weight is 225 g/mol. The first kappa shape index (κ1) is 12.7. The molecule has 1 heterocycles. The second kappa shape index (κ2) is 6.30. The van der Waals surface area contributed by atoms with Crippen LogP contribution in [-0.4, -0.2) is 15.6 Å². The highest BCUT2D eigenvalue weighted by Crippen LogP contribution is 2.03. The summed E-state index contributed by atoms with van der Waals surface area (Å²) in [4.78, 5) is 10.7. The van der Waals surface area contributed by atoms with Crippen LogP contribution in [0.4, 0.5) is 0 Å². The third-order valence-electron chi connectivity index (χ3n) is 2.61. The zero-order valence-electron chi connectivity index (χ0n) is 10.1. The number of nitrogens with zero attached hydrogens (tertiary/aromatic N) is 2. The molecule has 4 heteroatoms. The van der Waals surface area contributed by atoms with Crippen LogP contribution in [0.5, 0.6) is 0 Å². The smallest absolute Gasteiger partial charge is 0.346 e. The molecule has 0 radical (unpaired) electrons. The fraction of sp³-hybridized carbons (Fsp3) is 0.667. The number of unbranched alkanes of at least 4 members (excludes halogenated alkanes) is 1. The number of carbonyl (C=O) groups is 1. The normalized spacial score (nSPS) is 10.6. The molecule has 0 aliphatic carbocycles. The van der Waals surface area contributed by atoms with Gasteiger partial charge in [0, 0.05) is 6.42 Å². The molecule has 0 amide bonds. The number of aryl methyl sites for hydroxylation is 1. The quantitative estimate of drug-likeness (QED) is 0.717. The molecule has 1 aromatic heterocycles. The predicted octanol–water partition coefficient (Wildman–Crippen LogP) is 1.61. The fourth-order valence-corrected chi connectivity index (χ4v) is 1.85. The second-order valence-electron chi connectivity index (χ2n) is 4.03. The summed E-state index contributed by atoms with van der Waals surface area (Å²) in [7, 11) is 0. The number of rotatable bonds is 7. The third-order valence-corrected chi connectivity index (χ3v) is 2.61. The summed E-state index contributed by atoms with van der Waals surface area (Å²) in [5, 5.41) is 8.83. The Morgan fingerprint density at radius 2 is 2.19 bits per heavy atom. The van der Waals surface area contributed by atoms with E-state index in [1.807, 2.05) is 17.0 Å². The van der Waals surface area contributed by atoms with E-state index in [0.29, 0.717) is 0 Å². The average Bonchev–Trinajstić information content (AvgIpc) is 2.58. The molecule has 16 heavy (non-hydrogen) atoms. The van der Waals surface area contributed by atoms with Gasteiger partial charge in [-0.3, -0.25) is 0 Å². The molecule has 90 valence electrons. The first-order valence-electron chi connectivity index (χ1n) is 5.98. The zero-order chi connectivity index (χ0) is 12.0. The Hall–Kier alpha value is -1.32. The van der Waals surface area contributed by atoms with E-state index in [-0.39, 0.29) is 6.54 Å². The molecule has 0 bridgehead atoms. The largest absolute Gasteiger partial charge is 0.478 e. The Morgan fingerprint density at radius 1 is 1.44 bits per heavy atom. The number of hydrogen-bond donors (Lipinski definition) is 1. The lowest BCUT2D eigenvalue weighted by Crippen LogP contribution is -2.40. The molecule has 0 spiro atoms. The van der Waals surface area contributed by atoms with Crippen molar-refractivity contribution in [2.24, 2.45) is 0 Å². The van der Waals surface area contributed by atoms with Crippen LogP contribution in [0.1, 0.15) is 38.9 Å². The van der Waals surface area contributed by atoms with Crippen molar-refractivity contribution in [2.45, 2.75) is 52.6 Å². The fourth-order valence-electron chi connectivity index (χ4n) is 1.85. The Morgan fingerprint density at radius 3 is 2.75 bits per heavy atom. The van der Waals surface area contributed by atoms with Crippen molar-refractivity contribution in [1.29, 1.82) is 0 Å². The highest BCUT2D eigenvalue weighted by molar-refractivity contribution is 5.64. The zero-order valence-corrected chi connectivity index (χ0v) is 10.1. The molecule has 1 aromatic rings. The lowest BCUT2D eigenvalue weighted by Gasteiger charge is -2.02. The van der Waals surface area contributed by atoms with E-state index in [2.05, 4.69) is 18.4 Å². The van der Waals surface area contributed by atoms with Crippen LogP contribution < -0.4 is 4.57 Å². The van der Waals surface area contributed by atoms with Gasteiger partial charge in [-0.15, -0.1) is 0 Å². The number of carboxylic acids is 1. The minimum absolute atomic E-state index is 0.0652. The summed E-state index contributed by atoms with van der Waals surface area (Å²) >= 11 is 0. The Bertz CT molecular complexity index is 345. The minimum atomic E-state index is -0.781. The monoisotopic (exact) mass is 225 g/mol. The van der Waals surface area contributed by atoms with Crippen molar-refractivity contribution >= 4 is 5.97 Å². The predicted molar refractivity (Wildman–Crippen MR) is 61.2 cm³/mol. The van der Waals surface area contributed by atoms with Gasteiger partial charge in [-0.2, -0.15) is 0 Å². The topological polar surface area (TPSA) is 46.1 Å². The van der Waals surface area contributed by atoms with Gasteiger partial charge in [0.25, 0.3) is 5.82 Å². The van der Waals surface area contributed by atoms with Gasteiger partial charge in [-0.05, 0) is 12.8 Å². The molecule has 0 atom stereocenters. The first-order chi connectivity index (χ1) is 7.69. The number of carboxylic acid groups (broad SMARTS) is 1. The van der Waals surface area contributed by atoms with Gasteiger partial charge >= 0.3 is 5.97 Å². The molecule has 0 saturated carbocycles. The van der Waals surface area contributed by atoms with Crippen LogP contribution in [0.3, 0.4) is 0 Å². The van der Waals surface area contributed by atoms with Crippen molar-refractivity contribution in [3.63, 3.8) is 0 Å². The van der Waals surface area contributed by atoms with Gasteiger partial charge in [0.15, 0.2) is 6.54 Å². The molecule has 0 aliphatic rings. The summed E-state index contributed by atoms with van der Waals surface area (Å²) in [6.45, 7) is 5.31. The van der Waals surface area contributed by atoms with E-state index < -0.39 is 5.97 Å². The number of imidazole rings is 1. The molecule has 0 aliphatic heterocycles. The maximum absolute atomic E-state index is 10.7. The minimum Gasteiger partial charge on any atom is -0.478 e. The first-order valence-corrected chi connectivity index (χ1v) is 5.98. The second-order valence-corrected chi connectivity index (χ2v) is 4.03. The summed E-state index contributed by atoms with van der Waals surface area (Å²) in [5.41, 5.74) is 0. The van der Waals surface area contributed by atoms with Gasteiger partial charge in [-0.1, -0.05) is 20.3 Å². The molecule has 1 rings (SSSR count). The molecule has 0 saturated heterocycles. The van der Waals surface area contributed by atoms with Crippen molar-refractivity contribution in [3.05, 3.63) is 18.2 Å². The maximum Gasteiger partial charge on any atom is 0.346 e. The van der Waals surface area contributed by atoms with Crippen molar-refractivity contribution in [3.8, 4) is 0 Å². The number of aliphatic carboxylic acids is 1. The SMILES string of the molecule is CCCCc1n(CCC)cc[n+]1CC(=O)O. The molecular weight excluding hydrogens is 204 g/mol. The lowest BCUT2D eigenvalue weighted by molar-refractivity contribution is -0.692. The van der Waals surface area contributed by atoms with E-state index in [1.54, 1.807) is 0 Å². The lowest BCUT2D eigenvalue weighted by atomic mass is 10.2. The van der Waals surface area contributed by atoms with Crippen molar-refractivity contribution < 1.29 is 14.5 Å². The molecule has 4 nitrogen and oxygen atoms in total. The standard InChI is InChI=1S/C12H20N2O2/c1-3-5-6-11-13(7-4-2)8-9-14(11)10-12(15)16/h8-9H,3-7,10H2,1-2H3/p+1. The van der Waals surface area contributed by atoms with E-state index in [1.165, 1.54) is 0 Å². The van der Waals surface area contributed by atoms with Crippen LogP contribution in [-0.2, 0) is 24.3 Å². The molecular formula is C12H21N2O2+. The van der Waals surface area contributed by atoms with E-state index in [4.69, 9.17) is 5.11 Å². The van der Waals surface area contributed by atoms with Crippen LogP contribution in [0.15, 0.2) is 12.4 Å². The van der Waals surface area contributed by atoms with Gasteiger partial charge in [0.05, 0.1) is 6.54 Å². The third kappa shape index (κ3) is 3.36. The number of aromatic nitrogens is 2. The van der Waals surface area contributed by atoms with E-state index >= 15 is 0 Å². The number of hydrogen-bond acceptors (Lipinski definition) is 1. The van der Waals surface area contributed by atoms with Crippen LogP contribution in [0, 0.1) is 0 Å². The summed E-state index contributed by atoms with van der Waals surface area (Å²) in [6, 6.07) is 0. The summed E-state index contributed by atoms with van der Waals surface area (Å²) < 4.78 is 4.01.